The highest BCUT2D eigenvalue weighted by Crippen LogP contribution is 2.42. The molecular formula is C24H18N2O4S. The van der Waals surface area contributed by atoms with Crippen LogP contribution in [0.1, 0.15) is 33.3 Å². The lowest BCUT2D eigenvalue weighted by molar-refractivity contribution is 0.0971. The molecule has 2 aromatic carbocycles. The molecule has 1 unspecified atom stereocenters. The number of nitrogens with zero attached hydrogens (tertiary/aromatic N) is 2. The lowest BCUT2D eigenvalue weighted by atomic mass is 9.98. The van der Waals surface area contributed by atoms with E-state index in [9.17, 15) is 9.59 Å². The number of rotatable bonds is 5. The van der Waals surface area contributed by atoms with Crippen molar-refractivity contribution in [2.24, 2.45) is 0 Å². The maximum absolute atomic E-state index is 13.6. The number of amides is 1. The van der Waals surface area contributed by atoms with E-state index < -0.39 is 6.04 Å². The quantitative estimate of drug-likeness (QED) is 0.422. The summed E-state index contributed by atoms with van der Waals surface area (Å²) in [5, 5.41) is 2.75. The zero-order chi connectivity index (χ0) is 21.5. The third kappa shape index (κ3) is 3.14. The van der Waals surface area contributed by atoms with Gasteiger partial charge in [0.05, 0.1) is 17.0 Å². The molecule has 5 rings (SSSR count). The van der Waals surface area contributed by atoms with E-state index in [1.807, 2.05) is 37.3 Å². The van der Waals surface area contributed by atoms with Crippen LogP contribution in [0.3, 0.4) is 0 Å². The summed E-state index contributed by atoms with van der Waals surface area (Å²) in [6.07, 6.45) is 3.29. The number of fused-ring (bicyclic) bond motifs is 2. The zero-order valence-corrected chi connectivity index (χ0v) is 17.5. The van der Waals surface area contributed by atoms with Gasteiger partial charge in [0.25, 0.3) is 5.91 Å². The van der Waals surface area contributed by atoms with Crippen LogP contribution in [-0.4, -0.2) is 17.5 Å². The summed E-state index contributed by atoms with van der Waals surface area (Å²) in [5.41, 5.74) is 2.18. The normalized spacial score (nSPS) is 15.3. The van der Waals surface area contributed by atoms with Crippen LogP contribution >= 0.6 is 11.3 Å². The molecule has 0 N–H and O–H groups in total. The van der Waals surface area contributed by atoms with Crippen LogP contribution in [-0.2, 0) is 0 Å². The number of ether oxygens (including phenoxy) is 1. The van der Waals surface area contributed by atoms with Gasteiger partial charge in [-0.2, -0.15) is 0 Å². The molecule has 1 aliphatic heterocycles. The highest BCUT2D eigenvalue weighted by atomic mass is 32.1. The van der Waals surface area contributed by atoms with E-state index in [4.69, 9.17) is 9.15 Å². The molecule has 4 aromatic rings. The second-order valence-corrected chi connectivity index (χ2v) is 8.11. The number of hydrogen-bond donors (Lipinski definition) is 0. The van der Waals surface area contributed by atoms with Gasteiger partial charge in [0.2, 0.25) is 5.76 Å². The van der Waals surface area contributed by atoms with Crippen molar-refractivity contribution in [2.45, 2.75) is 13.0 Å². The minimum Gasteiger partial charge on any atom is -0.490 e. The summed E-state index contributed by atoms with van der Waals surface area (Å²) in [7, 11) is 0. The number of carbonyl (C=O) groups excluding carboxylic acids is 1. The largest absolute Gasteiger partial charge is 0.490 e. The lowest BCUT2D eigenvalue weighted by Crippen LogP contribution is -2.29. The first kappa shape index (κ1) is 19.3. The number of benzene rings is 2. The third-order valence-electron chi connectivity index (χ3n) is 5.19. The average Bonchev–Trinajstić information content (AvgIpc) is 3.40. The van der Waals surface area contributed by atoms with Crippen molar-refractivity contribution in [1.82, 2.24) is 4.98 Å². The van der Waals surface area contributed by atoms with E-state index in [1.165, 1.54) is 16.2 Å². The smallest absolute Gasteiger partial charge is 0.297 e. The summed E-state index contributed by atoms with van der Waals surface area (Å²) < 4.78 is 11.6. The molecule has 31 heavy (non-hydrogen) atoms. The molecule has 0 saturated carbocycles. The van der Waals surface area contributed by atoms with Gasteiger partial charge in [0.1, 0.15) is 17.9 Å². The standard InChI is InChI=1S/C24H18N2O4S/c1-3-10-29-16-6-4-5-15(13-16)20-19-21(27)17-12-14(2)7-8-18(17)30-22(19)23(28)26(20)24-25-9-11-31-24/h3-9,11-13,20H,1,10H2,2H3. The summed E-state index contributed by atoms with van der Waals surface area (Å²) in [5.74, 6) is 0.296. The maximum Gasteiger partial charge on any atom is 0.297 e. The maximum atomic E-state index is 13.6. The molecule has 7 heteroatoms. The van der Waals surface area contributed by atoms with Gasteiger partial charge in [-0.25, -0.2) is 4.98 Å². The molecule has 0 aliphatic carbocycles. The molecule has 154 valence electrons. The third-order valence-corrected chi connectivity index (χ3v) is 5.96. The molecule has 0 radical (unpaired) electrons. The molecule has 2 aromatic heterocycles. The SMILES string of the molecule is C=CCOc1cccc(C2c3c(oc4ccc(C)cc4c3=O)C(=O)N2c2nccs2)c1. The van der Waals surface area contributed by atoms with E-state index >= 15 is 0 Å². The van der Waals surface area contributed by atoms with Gasteiger partial charge in [-0.3, -0.25) is 14.5 Å². The first-order valence-electron chi connectivity index (χ1n) is 9.72. The second-order valence-electron chi connectivity index (χ2n) is 7.24. The Morgan fingerprint density at radius 2 is 2.13 bits per heavy atom. The van der Waals surface area contributed by atoms with Crippen molar-refractivity contribution in [3.05, 3.63) is 99.4 Å². The molecule has 0 bridgehead atoms. The van der Waals surface area contributed by atoms with Gasteiger partial charge >= 0.3 is 0 Å². The van der Waals surface area contributed by atoms with E-state index in [2.05, 4.69) is 11.6 Å². The van der Waals surface area contributed by atoms with Crippen LogP contribution in [0.5, 0.6) is 5.75 Å². The number of aryl methyl sites for hydroxylation is 1. The highest BCUT2D eigenvalue weighted by molar-refractivity contribution is 7.13. The molecule has 3 heterocycles. The minimum absolute atomic E-state index is 0.0546. The second kappa shape index (κ2) is 7.52. The summed E-state index contributed by atoms with van der Waals surface area (Å²) in [6, 6.07) is 12.1. The van der Waals surface area contributed by atoms with Crippen molar-refractivity contribution in [3.63, 3.8) is 0 Å². The van der Waals surface area contributed by atoms with Crippen LogP contribution < -0.4 is 15.1 Å². The van der Waals surface area contributed by atoms with Crippen molar-refractivity contribution in [3.8, 4) is 5.75 Å². The molecule has 0 fully saturated rings. The number of anilines is 1. The first-order chi connectivity index (χ1) is 15.1. The van der Waals surface area contributed by atoms with Crippen LogP contribution in [0, 0.1) is 6.92 Å². The zero-order valence-electron chi connectivity index (χ0n) is 16.7. The molecule has 1 amide bonds. The minimum atomic E-state index is -0.665. The topological polar surface area (TPSA) is 72.6 Å². The summed E-state index contributed by atoms with van der Waals surface area (Å²) in [6.45, 7) is 5.94. The predicted octanol–water partition coefficient (Wildman–Crippen LogP) is 4.87. The van der Waals surface area contributed by atoms with Gasteiger partial charge in [-0.1, -0.05) is 36.4 Å². The van der Waals surface area contributed by atoms with Gasteiger partial charge in [-0.15, -0.1) is 11.3 Å². The van der Waals surface area contributed by atoms with Gasteiger partial charge in [-0.05, 0) is 36.8 Å². The Labute approximate surface area is 182 Å². The number of hydrogen-bond acceptors (Lipinski definition) is 6. The Hall–Kier alpha value is -3.71. The van der Waals surface area contributed by atoms with Gasteiger partial charge < -0.3 is 9.15 Å². The van der Waals surface area contributed by atoms with Crippen molar-refractivity contribution < 1.29 is 13.9 Å². The van der Waals surface area contributed by atoms with Crippen LogP contribution in [0.4, 0.5) is 5.13 Å². The number of aromatic nitrogens is 1. The molecule has 1 atom stereocenters. The van der Waals surface area contributed by atoms with Crippen LogP contribution in [0.15, 0.2) is 75.9 Å². The number of carbonyl (C=O) groups is 1. The molecule has 1 aliphatic rings. The monoisotopic (exact) mass is 430 g/mol. The fourth-order valence-electron chi connectivity index (χ4n) is 3.86. The van der Waals surface area contributed by atoms with Crippen molar-refractivity contribution >= 4 is 33.3 Å². The Kier molecular flexibility index (Phi) is 4.67. The first-order valence-corrected chi connectivity index (χ1v) is 10.6. The van der Waals surface area contributed by atoms with Crippen LogP contribution in [0.25, 0.3) is 11.0 Å². The lowest BCUT2D eigenvalue weighted by Gasteiger charge is -2.23. The molecule has 0 saturated heterocycles. The molecular weight excluding hydrogens is 412 g/mol. The molecule has 0 spiro atoms. The Bertz CT molecular complexity index is 1370. The summed E-state index contributed by atoms with van der Waals surface area (Å²) >= 11 is 1.33. The number of thiazole rings is 1. The van der Waals surface area contributed by atoms with E-state index in [0.717, 1.165) is 11.1 Å². The summed E-state index contributed by atoms with van der Waals surface area (Å²) in [4.78, 5) is 32.8. The van der Waals surface area contributed by atoms with Gasteiger partial charge in [0, 0.05) is 11.6 Å². The predicted molar refractivity (Wildman–Crippen MR) is 120 cm³/mol. The van der Waals surface area contributed by atoms with Crippen molar-refractivity contribution in [2.75, 3.05) is 11.5 Å². The fraction of sp³-hybridized carbons (Fsp3) is 0.125. The van der Waals surface area contributed by atoms with Gasteiger partial charge in [0.15, 0.2) is 10.6 Å². The van der Waals surface area contributed by atoms with E-state index in [1.54, 1.807) is 29.8 Å². The average molecular weight is 430 g/mol. The van der Waals surface area contributed by atoms with E-state index in [0.29, 0.717) is 34.0 Å². The Morgan fingerprint density at radius 3 is 2.90 bits per heavy atom. The highest BCUT2D eigenvalue weighted by Gasteiger charge is 2.44. The molecule has 6 nitrogen and oxygen atoms in total. The van der Waals surface area contributed by atoms with E-state index in [-0.39, 0.29) is 17.1 Å². The Morgan fingerprint density at radius 1 is 1.26 bits per heavy atom. The fourth-order valence-corrected chi connectivity index (χ4v) is 4.53. The van der Waals surface area contributed by atoms with Crippen LogP contribution in [0.2, 0.25) is 0 Å². The van der Waals surface area contributed by atoms with Crippen molar-refractivity contribution in [1.29, 1.82) is 0 Å². The Balaban J connectivity index is 1.76.